The Morgan fingerprint density at radius 2 is 1.86 bits per heavy atom. The number of amides is 5. The molecule has 0 spiro atoms. The van der Waals surface area contributed by atoms with E-state index in [1.165, 1.54) is 22.3 Å². The number of anilines is 3. The summed E-state index contributed by atoms with van der Waals surface area (Å²) in [4.78, 5) is 74.5. The van der Waals surface area contributed by atoms with Gasteiger partial charge in [-0.05, 0) is 74.9 Å². The van der Waals surface area contributed by atoms with E-state index < -0.39 is 29.1 Å². The highest BCUT2D eigenvalue weighted by Crippen LogP contribution is 2.41. The minimum absolute atomic E-state index is 0.0175. The number of benzene rings is 2. The number of halogens is 2. The molecule has 4 N–H and O–H groups in total. The molecule has 2 aliphatic heterocycles. The monoisotopic (exact) mass is 817 g/mol. The van der Waals surface area contributed by atoms with E-state index in [4.69, 9.17) is 26.1 Å². The van der Waals surface area contributed by atoms with Gasteiger partial charge in [-0.2, -0.15) is 0 Å². The van der Waals surface area contributed by atoms with Crippen LogP contribution in [0.3, 0.4) is 0 Å². The SMILES string of the molecule is O=C1CCC(N2Cc3c(NC(=O)COCCCNC(=O)C4(Cc5cccc(Nc6nccs6)n5)CCC(Oc5cccc(Cl)c5F)CC4)cccc3C2=O)C(=O)N1. The Labute approximate surface area is 336 Å². The van der Waals surface area contributed by atoms with Crippen LogP contribution in [0, 0.1) is 11.2 Å². The van der Waals surface area contributed by atoms with Gasteiger partial charge in [-0.3, -0.25) is 29.3 Å². The highest BCUT2D eigenvalue weighted by atomic mass is 35.5. The summed E-state index contributed by atoms with van der Waals surface area (Å²) in [6.07, 6.45) is 4.59. The average Bonchev–Trinajstić information content (AvgIpc) is 3.83. The fourth-order valence-corrected chi connectivity index (χ4v) is 8.21. The second-order valence-corrected chi connectivity index (χ2v) is 15.5. The van der Waals surface area contributed by atoms with Crippen LogP contribution >= 0.6 is 22.9 Å². The number of carbonyl (C=O) groups is 5. The Kier molecular flexibility index (Phi) is 12.4. The maximum Gasteiger partial charge on any atom is 0.255 e. The van der Waals surface area contributed by atoms with E-state index in [0.717, 1.165) is 5.69 Å². The second kappa shape index (κ2) is 17.8. The molecule has 57 heavy (non-hydrogen) atoms. The number of fused-ring (bicyclic) bond motifs is 1. The Morgan fingerprint density at radius 3 is 2.65 bits per heavy atom. The third-order valence-corrected chi connectivity index (χ3v) is 11.4. The predicted molar refractivity (Wildman–Crippen MR) is 210 cm³/mol. The van der Waals surface area contributed by atoms with Crippen molar-refractivity contribution < 1.29 is 37.8 Å². The summed E-state index contributed by atoms with van der Waals surface area (Å²) in [5.41, 5.74) is 1.36. The highest BCUT2D eigenvalue weighted by molar-refractivity contribution is 7.13. The van der Waals surface area contributed by atoms with Crippen molar-refractivity contribution in [1.29, 1.82) is 0 Å². The number of pyridine rings is 1. The van der Waals surface area contributed by atoms with Crippen molar-refractivity contribution in [3.8, 4) is 5.75 Å². The van der Waals surface area contributed by atoms with Crippen LogP contribution in [0.15, 0.2) is 66.2 Å². The van der Waals surface area contributed by atoms with Gasteiger partial charge >= 0.3 is 0 Å². The summed E-state index contributed by atoms with van der Waals surface area (Å²) in [5.74, 6) is -1.67. The first kappa shape index (κ1) is 39.8. The molecule has 1 aliphatic carbocycles. The van der Waals surface area contributed by atoms with Crippen LogP contribution in [0.5, 0.6) is 5.75 Å². The van der Waals surface area contributed by atoms with Crippen molar-refractivity contribution in [2.75, 3.05) is 30.4 Å². The van der Waals surface area contributed by atoms with Gasteiger partial charge in [-0.1, -0.05) is 29.8 Å². The number of nitrogens with one attached hydrogen (secondary N) is 4. The summed E-state index contributed by atoms with van der Waals surface area (Å²) in [6.45, 7) is 0.373. The van der Waals surface area contributed by atoms with E-state index >= 15 is 0 Å². The standard InChI is InChI=1S/C40H41ClFN7O7S/c41-28-7-3-9-31(35(28)42)56-25-13-15-40(16-14-25,21-24-5-1-10-32(45-24)47-39-44-18-20-57-39)38(54)43-17-4-19-55-23-34(51)46-29-8-2-6-26-27(29)22-49(37(26)53)30-11-12-33(50)48-36(30)52/h1-3,5-10,18,20,25,30H,4,11-17,19,21-23H2,(H,43,54)(H,46,51)(H,44,45,47)(H,48,50,52). The van der Waals surface area contributed by atoms with E-state index in [0.29, 0.717) is 72.8 Å². The van der Waals surface area contributed by atoms with Gasteiger partial charge < -0.3 is 30.3 Å². The van der Waals surface area contributed by atoms with Crippen molar-refractivity contribution in [2.45, 2.75) is 70.1 Å². The van der Waals surface area contributed by atoms with Gasteiger partial charge in [0.25, 0.3) is 5.91 Å². The fraction of sp³-hybridized carbons (Fsp3) is 0.375. The minimum atomic E-state index is -0.800. The van der Waals surface area contributed by atoms with Gasteiger partial charge in [0.15, 0.2) is 16.7 Å². The molecule has 4 heterocycles. The third-order valence-electron chi connectivity index (χ3n) is 10.4. The van der Waals surface area contributed by atoms with Gasteiger partial charge in [0, 0.05) is 66.6 Å². The van der Waals surface area contributed by atoms with E-state index in [-0.39, 0.29) is 67.2 Å². The van der Waals surface area contributed by atoms with Crippen LogP contribution in [-0.4, -0.2) is 76.3 Å². The first-order chi connectivity index (χ1) is 27.6. The molecule has 7 rings (SSSR count). The second-order valence-electron chi connectivity index (χ2n) is 14.2. The molecule has 17 heteroatoms. The van der Waals surface area contributed by atoms with Crippen molar-refractivity contribution in [1.82, 2.24) is 25.5 Å². The molecule has 1 saturated carbocycles. The molecule has 0 bridgehead atoms. The molecule has 0 radical (unpaired) electrons. The molecule has 1 saturated heterocycles. The van der Waals surface area contributed by atoms with Crippen LogP contribution < -0.4 is 26.0 Å². The molecule has 3 aliphatic rings. The number of imide groups is 1. The molecular weight excluding hydrogens is 777 g/mol. The normalized spacial score (nSPS) is 20.5. The summed E-state index contributed by atoms with van der Waals surface area (Å²) in [7, 11) is 0. The van der Waals surface area contributed by atoms with Crippen LogP contribution in [0.1, 0.15) is 66.6 Å². The number of nitrogens with zero attached hydrogens (tertiary/aromatic N) is 3. The van der Waals surface area contributed by atoms with Gasteiger partial charge in [0.2, 0.25) is 23.6 Å². The van der Waals surface area contributed by atoms with E-state index in [1.807, 2.05) is 23.6 Å². The molecule has 5 amide bonds. The first-order valence-electron chi connectivity index (χ1n) is 18.7. The molecule has 1 atom stereocenters. The number of piperidine rings is 1. The third kappa shape index (κ3) is 9.41. The van der Waals surface area contributed by atoms with Gasteiger partial charge in [0.1, 0.15) is 18.5 Å². The molecule has 4 aromatic rings. The number of hydrogen-bond donors (Lipinski definition) is 4. The van der Waals surface area contributed by atoms with Crippen molar-refractivity contribution in [3.05, 3.63) is 93.8 Å². The number of carbonyl (C=O) groups excluding carboxylic acids is 5. The Morgan fingerprint density at radius 1 is 1.05 bits per heavy atom. The van der Waals surface area contributed by atoms with E-state index in [1.54, 1.807) is 36.5 Å². The lowest BCUT2D eigenvalue weighted by atomic mass is 9.69. The van der Waals surface area contributed by atoms with Crippen LogP contribution in [0.25, 0.3) is 0 Å². The maximum absolute atomic E-state index is 14.6. The number of thiazole rings is 1. The maximum atomic E-state index is 14.6. The molecular formula is C40H41ClFN7O7S. The van der Waals surface area contributed by atoms with Crippen molar-refractivity contribution >= 4 is 69.1 Å². The van der Waals surface area contributed by atoms with Gasteiger partial charge in [0.05, 0.1) is 16.5 Å². The Hall–Kier alpha value is -5.45. The molecule has 14 nitrogen and oxygen atoms in total. The summed E-state index contributed by atoms with van der Waals surface area (Å²) < 4.78 is 26.3. The van der Waals surface area contributed by atoms with E-state index in [9.17, 15) is 28.4 Å². The summed E-state index contributed by atoms with van der Waals surface area (Å²) in [6, 6.07) is 14.5. The van der Waals surface area contributed by atoms with Crippen LogP contribution in [-0.2, 0) is 36.9 Å². The average molecular weight is 818 g/mol. The van der Waals surface area contributed by atoms with Crippen molar-refractivity contribution in [2.24, 2.45) is 5.41 Å². The lowest BCUT2D eigenvalue weighted by Gasteiger charge is -2.39. The zero-order valence-electron chi connectivity index (χ0n) is 30.9. The fourth-order valence-electron chi connectivity index (χ4n) is 7.51. The van der Waals surface area contributed by atoms with Crippen LogP contribution in [0.2, 0.25) is 5.02 Å². The molecule has 2 aromatic heterocycles. The summed E-state index contributed by atoms with van der Waals surface area (Å²) >= 11 is 7.42. The van der Waals surface area contributed by atoms with Gasteiger partial charge in [-0.15, -0.1) is 11.3 Å². The number of rotatable bonds is 15. The van der Waals surface area contributed by atoms with Crippen LogP contribution in [0.4, 0.5) is 21.0 Å². The molecule has 2 fully saturated rings. The quantitative estimate of drug-likeness (QED) is 0.0878. The lowest BCUT2D eigenvalue weighted by Crippen LogP contribution is -2.52. The molecule has 298 valence electrons. The van der Waals surface area contributed by atoms with Gasteiger partial charge in [-0.25, -0.2) is 14.4 Å². The largest absolute Gasteiger partial charge is 0.487 e. The highest BCUT2D eigenvalue weighted by Gasteiger charge is 2.43. The zero-order valence-corrected chi connectivity index (χ0v) is 32.4. The Bertz CT molecular complexity index is 2150. The number of aromatic nitrogens is 2. The summed E-state index contributed by atoms with van der Waals surface area (Å²) in [5, 5.41) is 13.9. The number of hydrogen-bond acceptors (Lipinski definition) is 11. The predicted octanol–water partition coefficient (Wildman–Crippen LogP) is 5.55. The first-order valence-corrected chi connectivity index (χ1v) is 20.0. The van der Waals surface area contributed by atoms with Crippen molar-refractivity contribution in [3.63, 3.8) is 0 Å². The Balaban J connectivity index is 0.912. The molecule has 1 unspecified atom stereocenters. The minimum Gasteiger partial charge on any atom is -0.487 e. The zero-order chi connectivity index (χ0) is 39.9. The van der Waals surface area contributed by atoms with E-state index in [2.05, 4.69) is 26.3 Å². The number of ether oxygens (including phenoxy) is 2. The molecule has 2 aromatic carbocycles. The lowest BCUT2D eigenvalue weighted by molar-refractivity contribution is -0.137. The topological polar surface area (TPSA) is 181 Å². The smallest absolute Gasteiger partial charge is 0.255 e.